The third-order valence-corrected chi connectivity index (χ3v) is 1.73. The molecule has 1 rings (SSSR count). The molecule has 1 aromatic rings. The van der Waals surface area contributed by atoms with Crippen LogP contribution in [0.15, 0.2) is 6.07 Å². The molecule has 0 aliphatic carbocycles. The smallest absolute Gasteiger partial charge is 0.196 e. The van der Waals surface area contributed by atoms with E-state index in [4.69, 9.17) is 0 Å². The van der Waals surface area contributed by atoms with E-state index in [1.807, 2.05) is 13.0 Å². The molecule has 0 spiro atoms. The fraction of sp³-hybridized carbons (Fsp3) is 0.500. The quantitative estimate of drug-likeness (QED) is 0.664. The first-order chi connectivity index (χ1) is 6.13. The summed E-state index contributed by atoms with van der Waals surface area (Å²) in [6.07, 6.45) is 1.94. The lowest BCUT2D eigenvalue weighted by Gasteiger charge is -2.01. The van der Waals surface area contributed by atoms with E-state index in [0.29, 0.717) is 5.82 Å². The summed E-state index contributed by atoms with van der Waals surface area (Å²) < 4.78 is 0. The molecule has 0 saturated heterocycles. The Bertz CT molecular complexity index is 321. The van der Waals surface area contributed by atoms with Crippen LogP contribution >= 0.6 is 0 Å². The number of ketones is 1. The van der Waals surface area contributed by atoms with Crippen molar-refractivity contribution in [1.29, 1.82) is 0 Å². The summed E-state index contributed by atoms with van der Waals surface area (Å²) in [7, 11) is 0. The van der Waals surface area contributed by atoms with Gasteiger partial charge >= 0.3 is 0 Å². The van der Waals surface area contributed by atoms with Crippen LogP contribution in [0.5, 0.6) is 0 Å². The van der Waals surface area contributed by atoms with E-state index in [-0.39, 0.29) is 5.78 Å². The lowest BCUT2D eigenvalue weighted by atomic mass is 10.2. The van der Waals surface area contributed by atoms with Gasteiger partial charge in [-0.25, -0.2) is 9.97 Å². The van der Waals surface area contributed by atoms with E-state index in [1.165, 1.54) is 6.92 Å². The Hall–Kier alpha value is -1.25. The molecule has 3 nitrogen and oxygen atoms in total. The monoisotopic (exact) mass is 178 g/mol. The normalized spacial score (nSPS) is 10.1. The predicted molar refractivity (Wildman–Crippen MR) is 50.8 cm³/mol. The van der Waals surface area contributed by atoms with Crippen LogP contribution in [-0.4, -0.2) is 15.8 Å². The maximum atomic E-state index is 11.0. The van der Waals surface area contributed by atoms with E-state index < -0.39 is 0 Å². The first kappa shape index (κ1) is 9.84. The SMILES string of the molecule is CCCc1cc(C)nc(C(C)=O)n1. The average Bonchev–Trinajstić information content (AvgIpc) is 2.03. The van der Waals surface area contributed by atoms with Crippen molar-refractivity contribution in [2.75, 3.05) is 0 Å². The maximum absolute atomic E-state index is 11.0. The van der Waals surface area contributed by atoms with Crippen LogP contribution in [0.3, 0.4) is 0 Å². The molecule has 0 aromatic carbocycles. The van der Waals surface area contributed by atoms with Gasteiger partial charge in [0.15, 0.2) is 11.6 Å². The van der Waals surface area contributed by atoms with Gasteiger partial charge in [0, 0.05) is 18.3 Å². The van der Waals surface area contributed by atoms with Crippen LogP contribution in [0.25, 0.3) is 0 Å². The van der Waals surface area contributed by atoms with E-state index in [1.54, 1.807) is 0 Å². The molecule has 70 valence electrons. The van der Waals surface area contributed by atoms with Crippen molar-refractivity contribution in [2.45, 2.75) is 33.6 Å². The summed E-state index contributed by atoms with van der Waals surface area (Å²) in [5, 5.41) is 0. The highest BCUT2D eigenvalue weighted by Crippen LogP contribution is 2.03. The summed E-state index contributed by atoms with van der Waals surface area (Å²) in [5.74, 6) is 0.268. The zero-order chi connectivity index (χ0) is 9.84. The lowest BCUT2D eigenvalue weighted by molar-refractivity contribution is 0.100. The van der Waals surface area contributed by atoms with E-state index in [2.05, 4.69) is 16.9 Å². The van der Waals surface area contributed by atoms with Crippen molar-refractivity contribution in [1.82, 2.24) is 9.97 Å². The van der Waals surface area contributed by atoms with Gasteiger partial charge in [-0.2, -0.15) is 0 Å². The zero-order valence-electron chi connectivity index (χ0n) is 8.29. The van der Waals surface area contributed by atoms with Gasteiger partial charge in [0.1, 0.15) is 0 Å². The number of aromatic nitrogens is 2. The third kappa shape index (κ3) is 2.61. The predicted octanol–water partition coefficient (Wildman–Crippen LogP) is 1.94. The summed E-state index contributed by atoms with van der Waals surface area (Å²) in [6, 6.07) is 1.93. The van der Waals surface area contributed by atoms with Crippen LogP contribution in [0.1, 0.15) is 42.3 Å². The summed E-state index contributed by atoms with van der Waals surface area (Å²) in [5.41, 5.74) is 1.82. The third-order valence-electron chi connectivity index (χ3n) is 1.73. The second-order valence-corrected chi connectivity index (χ2v) is 3.13. The molecule has 3 heteroatoms. The van der Waals surface area contributed by atoms with Crippen molar-refractivity contribution >= 4 is 5.78 Å². The molecule has 0 fully saturated rings. The molecular formula is C10H14N2O. The minimum Gasteiger partial charge on any atom is -0.291 e. The van der Waals surface area contributed by atoms with E-state index >= 15 is 0 Å². The van der Waals surface area contributed by atoms with Crippen molar-refractivity contribution in [3.05, 3.63) is 23.3 Å². The number of hydrogen-bond acceptors (Lipinski definition) is 3. The minimum absolute atomic E-state index is 0.0685. The first-order valence-electron chi connectivity index (χ1n) is 4.49. The fourth-order valence-corrected chi connectivity index (χ4v) is 1.18. The van der Waals surface area contributed by atoms with Crippen molar-refractivity contribution in [3.63, 3.8) is 0 Å². The van der Waals surface area contributed by atoms with Crippen molar-refractivity contribution in [3.8, 4) is 0 Å². The molecule has 13 heavy (non-hydrogen) atoms. The summed E-state index contributed by atoms with van der Waals surface area (Å²) >= 11 is 0. The molecule has 0 aliphatic heterocycles. The zero-order valence-corrected chi connectivity index (χ0v) is 8.29. The Morgan fingerprint density at radius 2 is 2.15 bits per heavy atom. The van der Waals surface area contributed by atoms with Gasteiger partial charge in [0.25, 0.3) is 0 Å². The van der Waals surface area contributed by atoms with Gasteiger partial charge in [-0.3, -0.25) is 4.79 Å². The molecule has 0 radical (unpaired) electrons. The largest absolute Gasteiger partial charge is 0.291 e. The maximum Gasteiger partial charge on any atom is 0.196 e. The first-order valence-corrected chi connectivity index (χ1v) is 4.49. The van der Waals surface area contributed by atoms with Gasteiger partial charge in [0.2, 0.25) is 0 Å². The number of carbonyl (C=O) groups is 1. The fourth-order valence-electron chi connectivity index (χ4n) is 1.18. The number of carbonyl (C=O) groups excluding carboxylic acids is 1. The second-order valence-electron chi connectivity index (χ2n) is 3.13. The van der Waals surface area contributed by atoms with Crippen LogP contribution < -0.4 is 0 Å². The molecule has 0 saturated carbocycles. The van der Waals surface area contributed by atoms with Crippen LogP contribution in [0, 0.1) is 6.92 Å². The van der Waals surface area contributed by atoms with Gasteiger partial charge in [-0.05, 0) is 19.4 Å². The van der Waals surface area contributed by atoms with Gasteiger partial charge in [0.05, 0.1) is 0 Å². The van der Waals surface area contributed by atoms with Crippen molar-refractivity contribution in [2.24, 2.45) is 0 Å². The van der Waals surface area contributed by atoms with Gasteiger partial charge in [-0.1, -0.05) is 13.3 Å². The Morgan fingerprint density at radius 1 is 1.46 bits per heavy atom. The molecule has 1 aromatic heterocycles. The number of hydrogen-bond donors (Lipinski definition) is 0. The Balaban J connectivity index is 3.03. The highest BCUT2D eigenvalue weighted by Gasteiger charge is 2.05. The number of Topliss-reactive ketones (excluding diaryl/α,β-unsaturated/α-hetero) is 1. The van der Waals surface area contributed by atoms with Crippen LogP contribution in [-0.2, 0) is 6.42 Å². The molecule has 1 heterocycles. The molecule has 0 bridgehead atoms. The Labute approximate surface area is 78.2 Å². The molecule has 0 amide bonds. The lowest BCUT2D eigenvalue weighted by Crippen LogP contribution is -2.05. The molecular weight excluding hydrogens is 164 g/mol. The van der Waals surface area contributed by atoms with Gasteiger partial charge in [-0.15, -0.1) is 0 Å². The molecule has 0 aliphatic rings. The standard InChI is InChI=1S/C10H14N2O/c1-4-5-9-6-7(2)11-10(12-9)8(3)13/h6H,4-5H2,1-3H3. The second kappa shape index (κ2) is 4.12. The summed E-state index contributed by atoms with van der Waals surface area (Å²) in [4.78, 5) is 19.2. The van der Waals surface area contributed by atoms with Crippen LogP contribution in [0.2, 0.25) is 0 Å². The molecule has 0 N–H and O–H groups in total. The van der Waals surface area contributed by atoms with E-state index in [0.717, 1.165) is 24.2 Å². The Kier molecular flexibility index (Phi) is 3.12. The molecule has 0 unspecified atom stereocenters. The van der Waals surface area contributed by atoms with E-state index in [9.17, 15) is 4.79 Å². The molecule has 0 atom stereocenters. The topological polar surface area (TPSA) is 42.9 Å². The highest BCUT2D eigenvalue weighted by atomic mass is 16.1. The number of rotatable bonds is 3. The number of aryl methyl sites for hydroxylation is 2. The average molecular weight is 178 g/mol. The van der Waals surface area contributed by atoms with Crippen molar-refractivity contribution < 1.29 is 4.79 Å². The van der Waals surface area contributed by atoms with Gasteiger partial charge < -0.3 is 0 Å². The minimum atomic E-state index is -0.0685. The highest BCUT2D eigenvalue weighted by molar-refractivity contribution is 5.90. The number of nitrogens with zero attached hydrogens (tertiary/aromatic N) is 2. The Morgan fingerprint density at radius 3 is 2.69 bits per heavy atom. The van der Waals surface area contributed by atoms with Crippen LogP contribution in [0.4, 0.5) is 0 Å². The summed E-state index contributed by atoms with van der Waals surface area (Å²) in [6.45, 7) is 5.46.